The van der Waals surface area contributed by atoms with E-state index in [1.54, 1.807) is 24.3 Å². The molecule has 1 aromatic heterocycles. The molecule has 3 N–H and O–H groups in total. The van der Waals surface area contributed by atoms with Gasteiger partial charge in [-0.3, -0.25) is 4.79 Å². The molecule has 0 bridgehead atoms. The first-order valence-electron chi connectivity index (χ1n) is 7.01. The summed E-state index contributed by atoms with van der Waals surface area (Å²) in [6.45, 7) is 0.396. The fourth-order valence-corrected chi connectivity index (χ4v) is 2.91. The smallest absolute Gasteiger partial charge is 0.272 e. The molecule has 1 heterocycles. The average molecular weight is 347 g/mol. The third kappa shape index (κ3) is 4.45. The molecule has 0 atom stereocenters. The van der Waals surface area contributed by atoms with Gasteiger partial charge in [0, 0.05) is 31.1 Å². The lowest BCUT2D eigenvalue weighted by Gasteiger charge is -2.04. The van der Waals surface area contributed by atoms with Crippen LogP contribution in [0.15, 0.2) is 41.4 Å². The second kappa shape index (κ2) is 7.79. The number of nitrogens with one attached hydrogen (secondary N) is 3. The van der Waals surface area contributed by atoms with E-state index in [1.165, 1.54) is 19.4 Å². The standard InChI is InChI=1S/C16H17N3O4S/c1-3-12-5-4-6-13(9-12)19-16(20)15-10-14(11-17-15)24(21,22)18-7-8-23-2/h1,4-6,9-11,17-18H,7-8H2,2H3,(H,19,20). The minimum atomic E-state index is -3.70. The Bertz CT molecular complexity index is 865. The summed E-state index contributed by atoms with van der Waals surface area (Å²) in [4.78, 5) is 14.8. The van der Waals surface area contributed by atoms with Crippen molar-refractivity contribution in [3.8, 4) is 12.3 Å². The molecule has 2 aromatic rings. The van der Waals surface area contributed by atoms with Gasteiger partial charge >= 0.3 is 0 Å². The summed E-state index contributed by atoms with van der Waals surface area (Å²) in [6, 6.07) is 8.04. The number of ether oxygens (including phenoxy) is 1. The summed E-state index contributed by atoms with van der Waals surface area (Å²) in [6.07, 6.45) is 6.56. The minimum Gasteiger partial charge on any atom is -0.383 e. The average Bonchev–Trinajstić information content (AvgIpc) is 3.06. The van der Waals surface area contributed by atoms with E-state index in [0.29, 0.717) is 11.3 Å². The normalized spacial score (nSPS) is 11.0. The Morgan fingerprint density at radius 2 is 2.17 bits per heavy atom. The van der Waals surface area contributed by atoms with Crippen LogP contribution in [-0.4, -0.2) is 39.6 Å². The number of anilines is 1. The van der Waals surface area contributed by atoms with Gasteiger partial charge in [0.1, 0.15) is 10.6 Å². The first kappa shape index (κ1) is 17.7. The molecule has 126 valence electrons. The van der Waals surface area contributed by atoms with Gasteiger partial charge in [-0.05, 0) is 24.3 Å². The maximum atomic E-state index is 12.2. The molecule has 7 nitrogen and oxygen atoms in total. The molecule has 0 fully saturated rings. The monoisotopic (exact) mass is 347 g/mol. The van der Waals surface area contributed by atoms with Crippen LogP contribution in [-0.2, 0) is 14.8 Å². The lowest BCUT2D eigenvalue weighted by atomic mass is 10.2. The van der Waals surface area contributed by atoms with E-state index >= 15 is 0 Å². The first-order chi connectivity index (χ1) is 11.5. The highest BCUT2D eigenvalue weighted by Gasteiger charge is 2.18. The van der Waals surface area contributed by atoms with Crippen LogP contribution in [0.2, 0.25) is 0 Å². The SMILES string of the molecule is C#Cc1cccc(NC(=O)c2cc(S(=O)(=O)NCCOC)c[nH]2)c1. The molecule has 1 aromatic carbocycles. The number of carbonyl (C=O) groups excluding carboxylic acids is 1. The number of rotatable bonds is 7. The van der Waals surface area contributed by atoms with Crippen molar-refractivity contribution in [2.45, 2.75) is 4.90 Å². The Labute approximate surface area is 140 Å². The van der Waals surface area contributed by atoms with E-state index in [9.17, 15) is 13.2 Å². The van der Waals surface area contributed by atoms with Gasteiger partial charge in [0.05, 0.1) is 6.61 Å². The van der Waals surface area contributed by atoms with Crippen molar-refractivity contribution in [2.24, 2.45) is 0 Å². The van der Waals surface area contributed by atoms with Crippen LogP contribution in [0, 0.1) is 12.3 Å². The third-order valence-corrected chi connectivity index (χ3v) is 4.54. The zero-order chi connectivity index (χ0) is 17.6. The molecule has 0 unspecified atom stereocenters. The quantitative estimate of drug-likeness (QED) is 0.517. The van der Waals surface area contributed by atoms with Crippen LogP contribution in [0.5, 0.6) is 0 Å². The predicted molar refractivity (Wildman–Crippen MR) is 90.2 cm³/mol. The van der Waals surface area contributed by atoms with Gasteiger partial charge in [-0.2, -0.15) is 0 Å². The van der Waals surface area contributed by atoms with Crippen LogP contribution >= 0.6 is 0 Å². The number of hydrogen-bond acceptors (Lipinski definition) is 4. The molecule has 1 amide bonds. The Morgan fingerprint density at radius 1 is 1.38 bits per heavy atom. The topological polar surface area (TPSA) is 100 Å². The van der Waals surface area contributed by atoms with Crippen LogP contribution in [0.25, 0.3) is 0 Å². The van der Waals surface area contributed by atoms with E-state index in [0.717, 1.165) is 0 Å². The third-order valence-electron chi connectivity index (χ3n) is 3.10. The number of terminal acetylenes is 1. The zero-order valence-corrected chi connectivity index (χ0v) is 13.8. The van der Waals surface area contributed by atoms with Gasteiger partial charge in [0.2, 0.25) is 10.0 Å². The molecule has 8 heteroatoms. The molecule has 0 aliphatic rings. The Morgan fingerprint density at radius 3 is 2.88 bits per heavy atom. The molecule has 0 spiro atoms. The zero-order valence-electron chi connectivity index (χ0n) is 13.0. The Balaban J connectivity index is 2.09. The number of methoxy groups -OCH3 is 1. The summed E-state index contributed by atoms with van der Waals surface area (Å²) in [5.74, 6) is 2.00. The Kier molecular flexibility index (Phi) is 5.76. The maximum absolute atomic E-state index is 12.2. The van der Waals surface area contributed by atoms with Crippen molar-refractivity contribution < 1.29 is 17.9 Å². The van der Waals surface area contributed by atoms with Crippen molar-refractivity contribution in [3.63, 3.8) is 0 Å². The summed E-state index contributed by atoms with van der Waals surface area (Å²) in [5.41, 5.74) is 1.27. The number of benzene rings is 1. The molecule has 0 saturated heterocycles. The highest BCUT2D eigenvalue weighted by Crippen LogP contribution is 2.14. The summed E-state index contributed by atoms with van der Waals surface area (Å²) < 4.78 is 31.2. The lowest BCUT2D eigenvalue weighted by Crippen LogP contribution is -2.26. The second-order valence-electron chi connectivity index (χ2n) is 4.82. The fraction of sp³-hybridized carbons (Fsp3) is 0.188. The van der Waals surface area contributed by atoms with Gasteiger partial charge in [-0.1, -0.05) is 12.0 Å². The van der Waals surface area contributed by atoms with Gasteiger partial charge in [-0.25, -0.2) is 13.1 Å². The van der Waals surface area contributed by atoms with Crippen molar-refractivity contribution in [1.82, 2.24) is 9.71 Å². The Hall–Kier alpha value is -2.60. The van der Waals surface area contributed by atoms with Crippen molar-refractivity contribution in [2.75, 3.05) is 25.6 Å². The summed E-state index contributed by atoms with van der Waals surface area (Å²) >= 11 is 0. The number of hydrogen-bond donors (Lipinski definition) is 3. The molecule has 0 saturated carbocycles. The van der Waals surface area contributed by atoms with Crippen LogP contribution < -0.4 is 10.0 Å². The molecule has 0 aliphatic carbocycles. The largest absolute Gasteiger partial charge is 0.383 e. The molecule has 2 rings (SSSR count). The van der Waals surface area contributed by atoms with E-state index in [-0.39, 0.29) is 23.7 Å². The molecule has 0 aliphatic heterocycles. The van der Waals surface area contributed by atoms with Gasteiger partial charge in [-0.15, -0.1) is 6.42 Å². The maximum Gasteiger partial charge on any atom is 0.272 e. The molecular weight excluding hydrogens is 330 g/mol. The van der Waals surface area contributed by atoms with Crippen LogP contribution in [0.4, 0.5) is 5.69 Å². The fourth-order valence-electron chi connectivity index (χ4n) is 1.91. The second-order valence-corrected chi connectivity index (χ2v) is 6.59. The van der Waals surface area contributed by atoms with E-state index in [2.05, 4.69) is 20.9 Å². The van der Waals surface area contributed by atoms with Gasteiger partial charge < -0.3 is 15.0 Å². The van der Waals surface area contributed by atoms with Gasteiger partial charge in [0.25, 0.3) is 5.91 Å². The highest BCUT2D eigenvalue weighted by atomic mass is 32.2. The van der Waals surface area contributed by atoms with Crippen molar-refractivity contribution in [1.29, 1.82) is 0 Å². The molecular formula is C16H17N3O4S. The first-order valence-corrected chi connectivity index (χ1v) is 8.49. The lowest BCUT2D eigenvalue weighted by molar-refractivity contribution is 0.102. The number of carbonyl (C=O) groups is 1. The number of amides is 1. The number of sulfonamides is 1. The summed E-state index contributed by atoms with van der Waals surface area (Å²) in [5, 5.41) is 2.65. The predicted octanol–water partition coefficient (Wildman–Crippen LogP) is 1.17. The highest BCUT2D eigenvalue weighted by molar-refractivity contribution is 7.89. The van der Waals surface area contributed by atoms with Crippen molar-refractivity contribution >= 4 is 21.6 Å². The number of aromatic nitrogens is 1. The molecule has 24 heavy (non-hydrogen) atoms. The van der Waals surface area contributed by atoms with Crippen molar-refractivity contribution in [3.05, 3.63) is 47.8 Å². The van der Waals surface area contributed by atoms with Crippen LogP contribution in [0.1, 0.15) is 16.1 Å². The minimum absolute atomic E-state index is 0.0267. The van der Waals surface area contributed by atoms with Gasteiger partial charge in [0.15, 0.2) is 0 Å². The van der Waals surface area contributed by atoms with Crippen LogP contribution in [0.3, 0.4) is 0 Å². The number of H-pyrrole nitrogens is 1. The van der Waals surface area contributed by atoms with E-state index in [1.807, 2.05) is 0 Å². The number of aromatic amines is 1. The molecule has 0 radical (unpaired) electrons. The van der Waals surface area contributed by atoms with E-state index < -0.39 is 15.9 Å². The summed E-state index contributed by atoms with van der Waals surface area (Å²) in [7, 11) is -2.22. The van der Waals surface area contributed by atoms with E-state index in [4.69, 9.17) is 11.2 Å².